The molecule has 0 N–H and O–H groups in total. The predicted octanol–water partition coefficient (Wildman–Crippen LogP) is 18.0. The van der Waals surface area contributed by atoms with Crippen LogP contribution in [-0.2, 0) is 0 Å². The molecule has 1 aromatic heterocycles. The minimum Gasteiger partial charge on any atom is -0.455 e. The van der Waals surface area contributed by atoms with Crippen molar-refractivity contribution in [2.75, 3.05) is 9.80 Å². The summed E-state index contributed by atoms with van der Waals surface area (Å²) < 4.78 is 24.4. The highest BCUT2D eigenvalue weighted by molar-refractivity contribution is 6.30. The summed E-state index contributed by atoms with van der Waals surface area (Å²) >= 11 is 0. The van der Waals surface area contributed by atoms with Crippen molar-refractivity contribution in [1.29, 1.82) is 0 Å². The van der Waals surface area contributed by atoms with Gasteiger partial charge in [-0.1, -0.05) is 170 Å². The van der Waals surface area contributed by atoms with Crippen molar-refractivity contribution in [3.05, 3.63) is 255 Å². The van der Waals surface area contributed by atoms with Crippen LogP contribution < -0.4 is 9.80 Å². The first kappa shape index (κ1) is 38.9. The summed E-state index contributed by atoms with van der Waals surface area (Å²) in [6.45, 7) is 0. The summed E-state index contributed by atoms with van der Waals surface area (Å²) in [6, 6.07) is 85.1. The van der Waals surface area contributed by atoms with Crippen LogP contribution in [0.1, 0.15) is 0 Å². The number of hydrogen-bond acceptors (Lipinski definition) is 3. The summed E-state index contributed by atoms with van der Waals surface area (Å²) in [6.07, 6.45) is 0. The van der Waals surface area contributed by atoms with Crippen LogP contribution in [0.15, 0.2) is 253 Å². The number of furan rings is 1. The Morgan fingerprint density at radius 2 is 0.833 bits per heavy atom. The first-order chi connectivity index (χ1) is 32.7. The van der Waals surface area contributed by atoms with Crippen LogP contribution in [0.4, 0.5) is 38.5 Å². The lowest BCUT2D eigenvalue weighted by Gasteiger charge is -2.29. The van der Waals surface area contributed by atoms with Crippen molar-refractivity contribution in [2.45, 2.75) is 0 Å². The van der Waals surface area contributed by atoms with Crippen LogP contribution in [0, 0.1) is 5.82 Å². The number of hydrogen-bond donors (Lipinski definition) is 0. The van der Waals surface area contributed by atoms with Gasteiger partial charge in [0.15, 0.2) is 0 Å². The number of para-hydroxylation sites is 3. The third-order valence-electron chi connectivity index (χ3n) is 12.7. The molecule has 12 rings (SSSR count). The summed E-state index contributed by atoms with van der Waals surface area (Å²) in [4.78, 5) is 4.37. The van der Waals surface area contributed by atoms with Crippen molar-refractivity contribution in [1.82, 2.24) is 0 Å². The van der Waals surface area contributed by atoms with E-state index in [-0.39, 0.29) is 5.82 Å². The Bertz CT molecular complexity index is 3700. The van der Waals surface area contributed by atoms with Gasteiger partial charge in [0, 0.05) is 56.1 Å². The molecule has 0 fully saturated rings. The smallest absolute Gasteiger partial charge is 0.148 e. The van der Waals surface area contributed by atoms with Crippen molar-refractivity contribution >= 4 is 77.6 Å². The lowest BCUT2D eigenvalue weighted by Crippen LogP contribution is -2.13. The molecule has 0 aliphatic rings. The van der Waals surface area contributed by atoms with Gasteiger partial charge in [-0.2, -0.15) is 0 Å². The van der Waals surface area contributed by atoms with Crippen molar-refractivity contribution < 1.29 is 8.81 Å². The molecule has 66 heavy (non-hydrogen) atoms. The van der Waals surface area contributed by atoms with E-state index in [2.05, 4.69) is 168 Å². The molecule has 0 saturated heterocycles. The number of benzene rings is 11. The quantitative estimate of drug-likeness (QED) is 0.135. The zero-order valence-corrected chi connectivity index (χ0v) is 35.9. The molecule has 0 amide bonds. The molecule has 12 aromatic rings. The molecule has 0 saturated carbocycles. The van der Waals surface area contributed by atoms with Gasteiger partial charge in [0.25, 0.3) is 0 Å². The maximum atomic E-state index is 17.4. The Hall–Kier alpha value is -8.73. The minimum absolute atomic E-state index is 0.316. The molecule has 0 bridgehead atoms. The monoisotopic (exact) mass is 848 g/mol. The highest BCUT2D eigenvalue weighted by atomic mass is 19.1. The van der Waals surface area contributed by atoms with E-state index in [1.807, 2.05) is 84.9 Å². The molecule has 312 valence electrons. The van der Waals surface area contributed by atoms with Gasteiger partial charge < -0.3 is 14.2 Å². The number of fused-ring (bicyclic) bond motifs is 8. The first-order valence-electron chi connectivity index (χ1n) is 22.3. The van der Waals surface area contributed by atoms with Gasteiger partial charge in [-0.3, -0.25) is 0 Å². The SMILES string of the molecule is Fc1cc(-c2ccccc2)cc(-c2ccccc2)c1N(c1ccccc1)c1ccc2c(c1)c1ccccc1c1c3ccc(N(c4ccccc4)c4ccccc4-c4ccccc4)cc3oc21. The second-order valence-electron chi connectivity index (χ2n) is 16.6. The summed E-state index contributed by atoms with van der Waals surface area (Å²) in [7, 11) is 0. The van der Waals surface area contributed by atoms with E-state index < -0.39 is 0 Å². The molecule has 0 spiro atoms. The van der Waals surface area contributed by atoms with E-state index in [0.29, 0.717) is 5.69 Å². The molecule has 3 nitrogen and oxygen atoms in total. The largest absolute Gasteiger partial charge is 0.455 e. The Balaban J connectivity index is 1.06. The van der Waals surface area contributed by atoms with Crippen molar-refractivity contribution in [3.8, 4) is 33.4 Å². The van der Waals surface area contributed by atoms with Crippen LogP contribution in [0.5, 0.6) is 0 Å². The molecule has 4 heteroatoms. The highest BCUT2D eigenvalue weighted by Gasteiger charge is 2.25. The maximum absolute atomic E-state index is 17.4. The standard InChI is InChI=1S/C62H41FN2O/c63-57-39-45(42-20-6-1-7-21-42)38-55(44-24-10-3-11-25-44)61(57)65(47-28-14-5-15-29-47)48-34-36-53-56(40-48)51-31-16-17-32-52(51)60-54-37-35-49(41-59(54)66-62(53)60)64(46-26-12-4-13-27-46)58-33-19-18-30-50(58)43-22-8-2-9-23-43/h1-41H. The van der Waals surface area contributed by atoms with Gasteiger partial charge in [0.05, 0.1) is 11.4 Å². The summed E-state index contributed by atoms with van der Waals surface area (Å²) in [5, 5.41) is 6.29. The van der Waals surface area contributed by atoms with E-state index in [1.54, 1.807) is 6.07 Å². The Morgan fingerprint density at radius 3 is 1.50 bits per heavy atom. The fourth-order valence-corrected chi connectivity index (χ4v) is 9.69. The summed E-state index contributed by atoms with van der Waals surface area (Å²) in [5.74, 6) is -0.316. The van der Waals surface area contributed by atoms with E-state index in [1.165, 1.54) is 0 Å². The lowest BCUT2D eigenvalue weighted by molar-refractivity contribution is 0.630. The minimum atomic E-state index is -0.316. The first-order valence-corrected chi connectivity index (χ1v) is 22.3. The zero-order valence-electron chi connectivity index (χ0n) is 35.9. The van der Waals surface area contributed by atoms with Gasteiger partial charge >= 0.3 is 0 Å². The van der Waals surface area contributed by atoms with Crippen LogP contribution >= 0.6 is 0 Å². The Labute approximate surface area is 382 Å². The van der Waals surface area contributed by atoms with Gasteiger partial charge in [-0.15, -0.1) is 0 Å². The fraction of sp³-hybridized carbons (Fsp3) is 0. The van der Waals surface area contributed by atoms with Crippen LogP contribution in [0.2, 0.25) is 0 Å². The van der Waals surface area contributed by atoms with Gasteiger partial charge in [-0.05, 0) is 111 Å². The van der Waals surface area contributed by atoms with E-state index in [4.69, 9.17) is 4.42 Å². The normalized spacial score (nSPS) is 11.4. The lowest BCUT2D eigenvalue weighted by atomic mass is 9.94. The average Bonchev–Trinajstić information content (AvgIpc) is 3.78. The predicted molar refractivity (Wildman–Crippen MR) is 274 cm³/mol. The number of anilines is 6. The maximum Gasteiger partial charge on any atom is 0.148 e. The van der Waals surface area contributed by atoms with Gasteiger partial charge in [-0.25, -0.2) is 4.39 Å². The van der Waals surface area contributed by atoms with Crippen molar-refractivity contribution in [3.63, 3.8) is 0 Å². The van der Waals surface area contributed by atoms with Crippen molar-refractivity contribution in [2.24, 2.45) is 0 Å². The van der Waals surface area contributed by atoms with E-state index in [0.717, 1.165) is 105 Å². The number of rotatable bonds is 9. The molecule has 0 aliphatic carbocycles. The van der Waals surface area contributed by atoms with Crippen LogP contribution in [-0.4, -0.2) is 0 Å². The molecule has 0 aliphatic heterocycles. The molecular weight excluding hydrogens is 808 g/mol. The van der Waals surface area contributed by atoms with Gasteiger partial charge in [0.1, 0.15) is 17.0 Å². The molecule has 0 unspecified atom stereocenters. The Morgan fingerprint density at radius 1 is 0.318 bits per heavy atom. The second kappa shape index (κ2) is 16.4. The number of halogens is 1. The molecule has 11 aromatic carbocycles. The molecule has 0 radical (unpaired) electrons. The third kappa shape index (κ3) is 6.75. The highest BCUT2D eigenvalue weighted by Crippen LogP contribution is 2.49. The van der Waals surface area contributed by atoms with Crippen LogP contribution in [0.3, 0.4) is 0 Å². The zero-order chi connectivity index (χ0) is 44.0. The molecular formula is C62H41FN2O. The third-order valence-corrected chi connectivity index (χ3v) is 12.7. The average molecular weight is 849 g/mol. The molecule has 0 atom stereocenters. The second-order valence-corrected chi connectivity index (χ2v) is 16.6. The van der Waals surface area contributed by atoms with Crippen LogP contribution in [0.25, 0.3) is 76.9 Å². The van der Waals surface area contributed by atoms with E-state index in [9.17, 15) is 0 Å². The van der Waals surface area contributed by atoms with Gasteiger partial charge in [0.2, 0.25) is 0 Å². The van der Waals surface area contributed by atoms with E-state index >= 15 is 4.39 Å². The molecule has 1 heterocycles. The number of nitrogens with zero attached hydrogens (tertiary/aromatic N) is 2. The summed E-state index contributed by atoms with van der Waals surface area (Å²) in [5.41, 5.74) is 12.6. The topological polar surface area (TPSA) is 19.6 Å². The Kier molecular flexibility index (Phi) is 9.69. The fourth-order valence-electron chi connectivity index (χ4n) is 9.69.